The molecule has 0 saturated carbocycles. The van der Waals surface area contributed by atoms with Gasteiger partial charge in [-0.3, -0.25) is 9.88 Å². The largest absolute Gasteiger partial charge is 0.367 e. The summed E-state index contributed by atoms with van der Waals surface area (Å²) in [6.07, 6.45) is 6.12. The molecule has 5 heteroatoms. The van der Waals surface area contributed by atoms with Crippen LogP contribution in [0.15, 0.2) is 36.8 Å². The summed E-state index contributed by atoms with van der Waals surface area (Å²) in [6, 6.07) is 8.21. The minimum atomic E-state index is 0.130. The molecular weight excluding hydrogens is 288 g/mol. The van der Waals surface area contributed by atoms with E-state index in [4.69, 9.17) is 4.74 Å². The Morgan fingerprint density at radius 1 is 1.30 bits per heavy atom. The van der Waals surface area contributed by atoms with Crippen molar-refractivity contribution >= 4 is 0 Å². The third-order valence-electron chi connectivity index (χ3n) is 4.90. The molecule has 0 aromatic carbocycles. The van der Waals surface area contributed by atoms with Gasteiger partial charge in [0.2, 0.25) is 0 Å². The molecule has 120 valence electrons. The first-order valence-corrected chi connectivity index (χ1v) is 8.34. The molecule has 2 fully saturated rings. The third-order valence-corrected chi connectivity index (χ3v) is 4.90. The quantitative estimate of drug-likeness (QED) is 0.872. The van der Waals surface area contributed by atoms with Gasteiger partial charge in [-0.2, -0.15) is 0 Å². The highest BCUT2D eigenvalue weighted by molar-refractivity contribution is 5.10. The second-order valence-electron chi connectivity index (χ2n) is 6.59. The van der Waals surface area contributed by atoms with E-state index in [0.717, 1.165) is 43.1 Å². The Bertz CT molecular complexity index is 663. The average molecular weight is 310 g/mol. The molecule has 4 heterocycles. The lowest BCUT2D eigenvalue weighted by Crippen LogP contribution is -2.41. The molecule has 3 atom stereocenters. The first kappa shape index (κ1) is 14.7. The molecule has 2 aromatic rings. The number of aryl methyl sites for hydroxylation is 1. The van der Waals surface area contributed by atoms with Crippen LogP contribution in [0.4, 0.5) is 0 Å². The van der Waals surface area contributed by atoms with E-state index in [1.165, 1.54) is 6.42 Å². The van der Waals surface area contributed by atoms with Crippen LogP contribution >= 0.6 is 0 Å². The van der Waals surface area contributed by atoms with Crippen LogP contribution < -0.4 is 0 Å². The van der Waals surface area contributed by atoms with Crippen LogP contribution in [0.1, 0.15) is 36.0 Å². The number of ether oxygens (including phenoxy) is 1. The van der Waals surface area contributed by atoms with Crippen LogP contribution in [0, 0.1) is 12.8 Å². The number of hydrogen-bond acceptors (Lipinski definition) is 5. The maximum Gasteiger partial charge on any atom is 0.115 e. The summed E-state index contributed by atoms with van der Waals surface area (Å²) in [4.78, 5) is 15.4. The topological polar surface area (TPSA) is 51.1 Å². The number of piperidine rings is 1. The summed E-state index contributed by atoms with van der Waals surface area (Å²) in [5.41, 5.74) is 3.24. The minimum Gasteiger partial charge on any atom is -0.367 e. The predicted octanol–water partition coefficient (Wildman–Crippen LogP) is 2.53. The lowest BCUT2D eigenvalue weighted by Gasteiger charge is -2.33. The molecular formula is C18H22N4O. The number of pyridine rings is 1. The molecule has 23 heavy (non-hydrogen) atoms. The van der Waals surface area contributed by atoms with Crippen LogP contribution in [-0.4, -0.2) is 39.0 Å². The zero-order chi connectivity index (χ0) is 15.6. The molecule has 2 aromatic heterocycles. The van der Waals surface area contributed by atoms with E-state index in [9.17, 15) is 0 Å². The van der Waals surface area contributed by atoms with E-state index in [2.05, 4.69) is 32.0 Å². The van der Waals surface area contributed by atoms with Crippen molar-refractivity contribution in [3.8, 4) is 0 Å². The summed E-state index contributed by atoms with van der Waals surface area (Å²) in [6.45, 7) is 5.06. The Balaban J connectivity index is 1.40. The highest BCUT2D eigenvalue weighted by atomic mass is 16.5. The van der Waals surface area contributed by atoms with E-state index in [1.807, 2.05) is 19.1 Å². The zero-order valence-corrected chi connectivity index (χ0v) is 13.4. The van der Waals surface area contributed by atoms with Crippen molar-refractivity contribution in [3.05, 3.63) is 53.9 Å². The maximum absolute atomic E-state index is 6.29. The molecule has 2 aliphatic rings. The summed E-state index contributed by atoms with van der Waals surface area (Å²) in [5.74, 6) is 0.650. The van der Waals surface area contributed by atoms with Crippen LogP contribution in [0.3, 0.4) is 0 Å². The van der Waals surface area contributed by atoms with E-state index in [-0.39, 0.29) is 6.10 Å². The summed E-state index contributed by atoms with van der Waals surface area (Å²) in [7, 11) is 0. The van der Waals surface area contributed by atoms with Gasteiger partial charge in [-0.1, -0.05) is 6.07 Å². The van der Waals surface area contributed by atoms with Gasteiger partial charge in [-0.15, -0.1) is 0 Å². The Morgan fingerprint density at radius 3 is 3.09 bits per heavy atom. The second-order valence-corrected chi connectivity index (χ2v) is 6.59. The molecule has 0 radical (unpaired) electrons. The molecule has 2 aliphatic heterocycles. The van der Waals surface area contributed by atoms with Crippen molar-refractivity contribution in [2.75, 3.05) is 13.1 Å². The summed E-state index contributed by atoms with van der Waals surface area (Å²) < 4.78 is 6.29. The standard InChI is InChI=1S/C18H22N4O/c1-13-3-2-4-15(21-13)10-22-8-6-14-9-17(23-18(14)11-22)16-5-7-19-12-20-16/h2-5,7,12,14,17-18H,6,8-11H2,1H3/t14-,17+,18+/m1/s1. The highest BCUT2D eigenvalue weighted by Gasteiger charge is 2.40. The number of likely N-dealkylation sites (tertiary alicyclic amines) is 1. The normalized spacial score (nSPS) is 27.8. The fourth-order valence-electron chi connectivity index (χ4n) is 3.74. The zero-order valence-electron chi connectivity index (χ0n) is 13.4. The van der Waals surface area contributed by atoms with Gasteiger partial charge in [0.1, 0.15) is 12.4 Å². The number of aromatic nitrogens is 3. The van der Waals surface area contributed by atoms with Crippen molar-refractivity contribution < 1.29 is 4.74 Å². The molecule has 0 bridgehead atoms. The number of rotatable bonds is 3. The molecule has 0 N–H and O–H groups in total. The number of fused-ring (bicyclic) bond motifs is 1. The van der Waals surface area contributed by atoms with Crippen LogP contribution in [0.25, 0.3) is 0 Å². The Morgan fingerprint density at radius 2 is 2.26 bits per heavy atom. The molecule has 2 saturated heterocycles. The molecule has 5 nitrogen and oxygen atoms in total. The van der Waals surface area contributed by atoms with Gasteiger partial charge in [-0.05, 0) is 50.4 Å². The summed E-state index contributed by atoms with van der Waals surface area (Å²) >= 11 is 0. The lowest BCUT2D eigenvalue weighted by molar-refractivity contribution is -0.0109. The fourth-order valence-corrected chi connectivity index (χ4v) is 3.74. The van der Waals surface area contributed by atoms with E-state index >= 15 is 0 Å². The van der Waals surface area contributed by atoms with Crippen LogP contribution in [0.5, 0.6) is 0 Å². The SMILES string of the molecule is Cc1cccc(CN2CC[C@@H]3C[C@@H](c4ccncn4)O[C@H]3C2)n1. The predicted molar refractivity (Wildman–Crippen MR) is 86.6 cm³/mol. The van der Waals surface area contributed by atoms with Gasteiger partial charge in [0, 0.05) is 25.0 Å². The van der Waals surface area contributed by atoms with Gasteiger partial charge in [0.05, 0.1) is 17.5 Å². The van der Waals surface area contributed by atoms with E-state index in [0.29, 0.717) is 12.0 Å². The second kappa shape index (κ2) is 6.34. The van der Waals surface area contributed by atoms with E-state index < -0.39 is 0 Å². The van der Waals surface area contributed by atoms with Crippen molar-refractivity contribution in [1.29, 1.82) is 0 Å². The maximum atomic E-state index is 6.29. The molecule has 0 unspecified atom stereocenters. The smallest absolute Gasteiger partial charge is 0.115 e. The summed E-state index contributed by atoms with van der Waals surface area (Å²) in [5, 5.41) is 0. The van der Waals surface area contributed by atoms with Crippen molar-refractivity contribution in [3.63, 3.8) is 0 Å². The van der Waals surface area contributed by atoms with Gasteiger partial charge in [-0.25, -0.2) is 9.97 Å². The minimum absolute atomic E-state index is 0.130. The van der Waals surface area contributed by atoms with Crippen LogP contribution in [-0.2, 0) is 11.3 Å². The number of hydrogen-bond donors (Lipinski definition) is 0. The Kier molecular flexibility index (Phi) is 4.06. The molecule has 0 spiro atoms. The monoisotopic (exact) mass is 310 g/mol. The lowest BCUT2D eigenvalue weighted by atomic mass is 9.91. The van der Waals surface area contributed by atoms with Crippen LogP contribution in [0.2, 0.25) is 0 Å². The Labute approximate surface area is 136 Å². The van der Waals surface area contributed by atoms with Gasteiger partial charge >= 0.3 is 0 Å². The first-order valence-electron chi connectivity index (χ1n) is 8.34. The van der Waals surface area contributed by atoms with Crippen molar-refractivity contribution in [2.45, 2.75) is 38.5 Å². The van der Waals surface area contributed by atoms with Crippen molar-refractivity contribution in [1.82, 2.24) is 19.9 Å². The van der Waals surface area contributed by atoms with Crippen molar-refractivity contribution in [2.24, 2.45) is 5.92 Å². The molecule has 0 aliphatic carbocycles. The highest BCUT2D eigenvalue weighted by Crippen LogP contribution is 2.40. The third kappa shape index (κ3) is 3.26. The van der Waals surface area contributed by atoms with Gasteiger partial charge < -0.3 is 4.74 Å². The molecule has 4 rings (SSSR count). The van der Waals surface area contributed by atoms with E-state index in [1.54, 1.807) is 12.5 Å². The van der Waals surface area contributed by atoms with Gasteiger partial charge in [0.25, 0.3) is 0 Å². The number of nitrogens with zero attached hydrogens (tertiary/aromatic N) is 4. The van der Waals surface area contributed by atoms with Gasteiger partial charge in [0.15, 0.2) is 0 Å². The molecule has 0 amide bonds. The Hall–Kier alpha value is -1.85. The first-order chi connectivity index (χ1) is 11.3. The fraction of sp³-hybridized carbons (Fsp3) is 0.500. The average Bonchev–Trinajstić information content (AvgIpc) is 2.99.